The summed E-state index contributed by atoms with van der Waals surface area (Å²) in [5.41, 5.74) is -0.375. The van der Waals surface area contributed by atoms with Crippen LogP contribution in [0.2, 0.25) is 0 Å². The van der Waals surface area contributed by atoms with Gasteiger partial charge in [0.05, 0.1) is 5.60 Å². The van der Waals surface area contributed by atoms with E-state index in [2.05, 4.69) is 5.32 Å². The summed E-state index contributed by atoms with van der Waals surface area (Å²) < 4.78 is 0. The summed E-state index contributed by atoms with van der Waals surface area (Å²) in [6.07, 6.45) is 1.80. The highest BCUT2D eigenvalue weighted by molar-refractivity contribution is 4.85. The molecule has 1 rings (SSSR count). The highest BCUT2D eigenvalue weighted by atomic mass is 16.3. The standard InChI is InChI=1S/C6H13NO/c1-2-6(8)3-4-7-5-6/h7-8H,2-5H2,1H3/t6-/m0/s1. The number of hydrogen-bond acceptors (Lipinski definition) is 2. The third-order valence-electron chi connectivity index (χ3n) is 1.88. The fourth-order valence-electron chi connectivity index (χ4n) is 1.03. The minimum absolute atomic E-state index is 0.375. The molecule has 0 unspecified atom stereocenters. The third-order valence-corrected chi connectivity index (χ3v) is 1.88. The fourth-order valence-corrected chi connectivity index (χ4v) is 1.03. The predicted octanol–water partition coefficient (Wildman–Crippen LogP) is 0.121. The Bertz CT molecular complexity index is 76.6. The maximum absolute atomic E-state index is 9.44. The van der Waals surface area contributed by atoms with Crippen molar-refractivity contribution in [2.75, 3.05) is 13.1 Å². The van der Waals surface area contributed by atoms with Crippen molar-refractivity contribution in [1.29, 1.82) is 0 Å². The molecule has 2 heteroatoms. The Kier molecular flexibility index (Phi) is 1.54. The van der Waals surface area contributed by atoms with E-state index in [4.69, 9.17) is 0 Å². The average molecular weight is 115 g/mol. The molecular weight excluding hydrogens is 102 g/mol. The van der Waals surface area contributed by atoms with Gasteiger partial charge < -0.3 is 10.4 Å². The van der Waals surface area contributed by atoms with E-state index in [0.717, 1.165) is 25.9 Å². The molecule has 1 heterocycles. The van der Waals surface area contributed by atoms with Crippen LogP contribution in [-0.2, 0) is 0 Å². The van der Waals surface area contributed by atoms with Crippen molar-refractivity contribution >= 4 is 0 Å². The average Bonchev–Trinajstić information content (AvgIpc) is 2.17. The molecule has 1 aliphatic heterocycles. The Morgan fingerprint density at radius 1 is 1.75 bits per heavy atom. The van der Waals surface area contributed by atoms with Crippen molar-refractivity contribution in [3.63, 3.8) is 0 Å². The summed E-state index contributed by atoms with van der Waals surface area (Å²) in [6, 6.07) is 0. The quantitative estimate of drug-likeness (QED) is 0.509. The van der Waals surface area contributed by atoms with Crippen LogP contribution in [0.25, 0.3) is 0 Å². The molecule has 0 aromatic carbocycles. The van der Waals surface area contributed by atoms with Gasteiger partial charge >= 0.3 is 0 Å². The van der Waals surface area contributed by atoms with Crippen LogP contribution < -0.4 is 5.32 Å². The van der Waals surface area contributed by atoms with E-state index in [9.17, 15) is 5.11 Å². The maximum Gasteiger partial charge on any atom is 0.0781 e. The zero-order chi connectivity index (χ0) is 6.04. The molecule has 8 heavy (non-hydrogen) atoms. The highest BCUT2D eigenvalue weighted by Gasteiger charge is 2.27. The lowest BCUT2D eigenvalue weighted by Gasteiger charge is -2.17. The van der Waals surface area contributed by atoms with Crippen LogP contribution in [0.4, 0.5) is 0 Å². The van der Waals surface area contributed by atoms with Crippen LogP contribution in [-0.4, -0.2) is 23.8 Å². The molecule has 0 saturated carbocycles. The monoisotopic (exact) mass is 115 g/mol. The maximum atomic E-state index is 9.44. The van der Waals surface area contributed by atoms with Crippen LogP contribution in [0, 0.1) is 0 Å². The largest absolute Gasteiger partial charge is 0.389 e. The van der Waals surface area contributed by atoms with E-state index in [1.807, 2.05) is 6.92 Å². The van der Waals surface area contributed by atoms with Gasteiger partial charge in [0, 0.05) is 6.54 Å². The Balaban J connectivity index is 2.40. The van der Waals surface area contributed by atoms with E-state index in [1.165, 1.54) is 0 Å². The van der Waals surface area contributed by atoms with E-state index < -0.39 is 0 Å². The lowest BCUT2D eigenvalue weighted by Crippen LogP contribution is -2.29. The first-order chi connectivity index (χ1) is 3.77. The van der Waals surface area contributed by atoms with Crippen molar-refractivity contribution in [3.8, 4) is 0 Å². The van der Waals surface area contributed by atoms with Crippen LogP contribution in [0.15, 0.2) is 0 Å². The van der Waals surface area contributed by atoms with Crippen molar-refractivity contribution in [1.82, 2.24) is 5.32 Å². The molecular formula is C6H13NO. The number of hydrogen-bond donors (Lipinski definition) is 2. The smallest absolute Gasteiger partial charge is 0.0781 e. The van der Waals surface area contributed by atoms with Crippen LogP contribution >= 0.6 is 0 Å². The second-order valence-corrected chi connectivity index (χ2v) is 2.50. The molecule has 1 fully saturated rings. The van der Waals surface area contributed by atoms with Gasteiger partial charge in [-0.3, -0.25) is 0 Å². The predicted molar refractivity (Wildman–Crippen MR) is 32.7 cm³/mol. The van der Waals surface area contributed by atoms with Crippen molar-refractivity contribution in [2.45, 2.75) is 25.4 Å². The van der Waals surface area contributed by atoms with Gasteiger partial charge in [0.25, 0.3) is 0 Å². The van der Waals surface area contributed by atoms with Gasteiger partial charge in [-0.15, -0.1) is 0 Å². The van der Waals surface area contributed by atoms with Gasteiger partial charge in [-0.25, -0.2) is 0 Å². The molecule has 2 N–H and O–H groups in total. The summed E-state index contributed by atoms with van der Waals surface area (Å²) in [6.45, 7) is 3.78. The number of nitrogens with one attached hydrogen (secondary N) is 1. The van der Waals surface area contributed by atoms with E-state index in [-0.39, 0.29) is 5.60 Å². The van der Waals surface area contributed by atoms with Crippen molar-refractivity contribution in [3.05, 3.63) is 0 Å². The molecule has 0 radical (unpaired) electrons. The Labute approximate surface area is 49.9 Å². The second-order valence-electron chi connectivity index (χ2n) is 2.50. The number of aliphatic hydroxyl groups is 1. The first kappa shape index (κ1) is 6.05. The zero-order valence-electron chi connectivity index (χ0n) is 5.28. The minimum atomic E-state index is -0.375. The molecule has 1 aliphatic rings. The molecule has 0 aliphatic carbocycles. The first-order valence-corrected chi connectivity index (χ1v) is 3.20. The van der Waals surface area contributed by atoms with E-state index in [0.29, 0.717) is 0 Å². The van der Waals surface area contributed by atoms with Gasteiger partial charge in [-0.2, -0.15) is 0 Å². The first-order valence-electron chi connectivity index (χ1n) is 3.20. The van der Waals surface area contributed by atoms with Crippen LogP contribution in [0.3, 0.4) is 0 Å². The minimum Gasteiger partial charge on any atom is -0.389 e. The number of β-amino-alcohol motifs (C(OH)–C–C–N with tert-alkyl or cyclic N) is 1. The van der Waals surface area contributed by atoms with Gasteiger partial charge in [-0.05, 0) is 19.4 Å². The highest BCUT2D eigenvalue weighted by Crippen LogP contribution is 2.16. The molecule has 0 bridgehead atoms. The van der Waals surface area contributed by atoms with E-state index >= 15 is 0 Å². The Morgan fingerprint density at radius 2 is 2.50 bits per heavy atom. The van der Waals surface area contributed by atoms with Crippen molar-refractivity contribution < 1.29 is 5.11 Å². The third kappa shape index (κ3) is 1.01. The summed E-state index contributed by atoms with van der Waals surface area (Å²) >= 11 is 0. The zero-order valence-corrected chi connectivity index (χ0v) is 5.28. The molecule has 2 nitrogen and oxygen atoms in total. The Morgan fingerprint density at radius 3 is 2.75 bits per heavy atom. The summed E-state index contributed by atoms with van der Waals surface area (Å²) in [5.74, 6) is 0. The second kappa shape index (κ2) is 2.03. The summed E-state index contributed by atoms with van der Waals surface area (Å²) in [4.78, 5) is 0. The van der Waals surface area contributed by atoms with Gasteiger partial charge in [-0.1, -0.05) is 6.92 Å². The molecule has 1 saturated heterocycles. The topological polar surface area (TPSA) is 32.3 Å². The molecule has 48 valence electrons. The molecule has 0 aromatic heterocycles. The van der Waals surface area contributed by atoms with Crippen LogP contribution in [0.1, 0.15) is 19.8 Å². The SMILES string of the molecule is CC[C@]1(O)CCNC1. The Hall–Kier alpha value is -0.0800. The molecule has 1 atom stereocenters. The lowest BCUT2D eigenvalue weighted by molar-refractivity contribution is 0.0575. The number of rotatable bonds is 1. The van der Waals surface area contributed by atoms with Gasteiger partial charge in [0.1, 0.15) is 0 Å². The summed E-state index contributed by atoms with van der Waals surface area (Å²) in [7, 11) is 0. The van der Waals surface area contributed by atoms with E-state index in [1.54, 1.807) is 0 Å². The lowest BCUT2D eigenvalue weighted by atomic mass is 10.0. The normalized spacial score (nSPS) is 38.2. The van der Waals surface area contributed by atoms with Gasteiger partial charge in [0.2, 0.25) is 0 Å². The molecule has 0 spiro atoms. The summed E-state index contributed by atoms with van der Waals surface area (Å²) in [5, 5.41) is 12.6. The van der Waals surface area contributed by atoms with Crippen molar-refractivity contribution in [2.24, 2.45) is 0 Å². The fraction of sp³-hybridized carbons (Fsp3) is 1.00. The van der Waals surface area contributed by atoms with Crippen LogP contribution in [0.5, 0.6) is 0 Å². The molecule has 0 aromatic rings. The molecule has 0 amide bonds. The van der Waals surface area contributed by atoms with Gasteiger partial charge in [0.15, 0.2) is 0 Å².